The number of phenols is 1. The average Bonchev–Trinajstić information content (AvgIpc) is 2.16. The topological polar surface area (TPSA) is 66.5 Å². The second-order valence-electron chi connectivity index (χ2n) is 3.49. The van der Waals surface area contributed by atoms with E-state index in [4.69, 9.17) is 10.8 Å². The monoisotopic (exact) mass is 235 g/mol. The molecule has 0 unspecified atom stereocenters. The Balaban J connectivity index is 2.69. The van der Waals surface area contributed by atoms with Gasteiger partial charge in [-0.05, 0) is 17.7 Å². The van der Waals surface area contributed by atoms with Crippen molar-refractivity contribution in [2.75, 3.05) is 0 Å². The van der Waals surface area contributed by atoms with E-state index in [0.29, 0.717) is 0 Å². The number of aliphatic hydroxyl groups is 1. The zero-order valence-electron chi connectivity index (χ0n) is 8.28. The molecule has 0 bridgehead atoms. The number of aliphatic hydroxyl groups excluding tert-OH is 1. The van der Waals surface area contributed by atoms with Gasteiger partial charge in [-0.25, -0.2) is 0 Å². The Bertz CT molecular complexity index is 354. The first-order valence-corrected chi connectivity index (χ1v) is 4.60. The van der Waals surface area contributed by atoms with Gasteiger partial charge in [-0.2, -0.15) is 13.2 Å². The Morgan fingerprint density at radius 1 is 1.31 bits per heavy atom. The van der Waals surface area contributed by atoms with Crippen molar-refractivity contribution in [3.8, 4) is 5.75 Å². The number of nitrogens with two attached hydrogens (primary N) is 1. The lowest BCUT2D eigenvalue weighted by Gasteiger charge is -2.19. The molecule has 16 heavy (non-hydrogen) atoms. The normalized spacial score (nSPS) is 15.8. The molecular weight excluding hydrogens is 223 g/mol. The van der Waals surface area contributed by atoms with E-state index in [9.17, 15) is 18.3 Å². The molecule has 4 N–H and O–H groups in total. The Kier molecular flexibility index (Phi) is 3.77. The number of hydrogen-bond donors (Lipinski definition) is 3. The van der Waals surface area contributed by atoms with E-state index >= 15 is 0 Å². The second-order valence-corrected chi connectivity index (χ2v) is 3.49. The van der Waals surface area contributed by atoms with E-state index in [-0.39, 0.29) is 11.3 Å². The number of phenolic OH excluding ortho intramolecular Hbond substituents is 1. The van der Waals surface area contributed by atoms with Crippen LogP contribution in [-0.4, -0.2) is 22.4 Å². The first-order chi connectivity index (χ1) is 7.30. The van der Waals surface area contributed by atoms with Gasteiger partial charge in [-0.15, -0.1) is 0 Å². The van der Waals surface area contributed by atoms with Crippen LogP contribution in [0, 0.1) is 0 Å². The highest BCUT2D eigenvalue weighted by molar-refractivity contribution is 5.28. The van der Waals surface area contributed by atoms with Crippen LogP contribution < -0.4 is 5.73 Å². The summed E-state index contributed by atoms with van der Waals surface area (Å²) in [4.78, 5) is 0. The predicted octanol–water partition coefficient (Wildman–Crippen LogP) is 1.71. The standard InChI is InChI=1S/C10H12F3NO2/c11-10(12,13)9(14)5-8(16)6-2-1-3-7(15)4-6/h1-4,8-9,15-16H,5,14H2/t8-,9-/m1/s1. The van der Waals surface area contributed by atoms with Gasteiger partial charge in [0.25, 0.3) is 0 Å². The summed E-state index contributed by atoms with van der Waals surface area (Å²) < 4.78 is 36.4. The zero-order valence-corrected chi connectivity index (χ0v) is 8.28. The van der Waals surface area contributed by atoms with Gasteiger partial charge in [-0.3, -0.25) is 0 Å². The summed E-state index contributed by atoms with van der Waals surface area (Å²) in [6.07, 6.45) is -6.51. The van der Waals surface area contributed by atoms with Crippen LogP contribution in [0.15, 0.2) is 24.3 Å². The molecule has 0 spiro atoms. The number of benzene rings is 1. The Morgan fingerprint density at radius 2 is 1.94 bits per heavy atom. The minimum atomic E-state index is -4.53. The SMILES string of the molecule is N[C@H](C[C@@H](O)c1cccc(O)c1)C(F)(F)F. The number of hydrogen-bond acceptors (Lipinski definition) is 3. The molecule has 0 fully saturated rings. The average molecular weight is 235 g/mol. The highest BCUT2D eigenvalue weighted by Gasteiger charge is 2.37. The molecule has 1 rings (SSSR count). The van der Waals surface area contributed by atoms with Crippen LogP contribution in [0.4, 0.5) is 13.2 Å². The van der Waals surface area contributed by atoms with Gasteiger partial charge in [0.2, 0.25) is 0 Å². The molecule has 6 heteroatoms. The highest BCUT2D eigenvalue weighted by atomic mass is 19.4. The lowest BCUT2D eigenvalue weighted by molar-refractivity contribution is -0.153. The van der Waals surface area contributed by atoms with Crippen LogP contribution in [0.3, 0.4) is 0 Å². The highest BCUT2D eigenvalue weighted by Crippen LogP contribution is 2.27. The van der Waals surface area contributed by atoms with E-state index in [1.165, 1.54) is 24.3 Å². The van der Waals surface area contributed by atoms with Crippen LogP contribution in [0.2, 0.25) is 0 Å². The van der Waals surface area contributed by atoms with Crippen molar-refractivity contribution in [1.29, 1.82) is 0 Å². The fourth-order valence-corrected chi connectivity index (χ4v) is 1.24. The molecule has 3 nitrogen and oxygen atoms in total. The zero-order chi connectivity index (χ0) is 12.3. The third-order valence-electron chi connectivity index (χ3n) is 2.15. The van der Waals surface area contributed by atoms with Crippen LogP contribution in [0.5, 0.6) is 5.75 Å². The maximum absolute atomic E-state index is 12.1. The van der Waals surface area contributed by atoms with Gasteiger partial charge in [-0.1, -0.05) is 12.1 Å². The van der Waals surface area contributed by atoms with Crippen LogP contribution in [0.1, 0.15) is 18.1 Å². The van der Waals surface area contributed by atoms with Gasteiger partial charge in [0.15, 0.2) is 0 Å². The quantitative estimate of drug-likeness (QED) is 0.747. The van der Waals surface area contributed by atoms with Crippen LogP contribution in [-0.2, 0) is 0 Å². The Morgan fingerprint density at radius 3 is 2.44 bits per heavy atom. The minimum Gasteiger partial charge on any atom is -0.508 e. The largest absolute Gasteiger partial charge is 0.508 e. The van der Waals surface area contributed by atoms with Crippen molar-refractivity contribution in [2.45, 2.75) is 24.7 Å². The number of alkyl halides is 3. The lowest BCUT2D eigenvalue weighted by Crippen LogP contribution is -2.38. The maximum Gasteiger partial charge on any atom is 0.403 e. The van der Waals surface area contributed by atoms with Gasteiger partial charge >= 0.3 is 6.18 Å². The van der Waals surface area contributed by atoms with Crippen molar-refractivity contribution in [3.63, 3.8) is 0 Å². The molecule has 0 amide bonds. The fourth-order valence-electron chi connectivity index (χ4n) is 1.24. The summed E-state index contributed by atoms with van der Waals surface area (Å²) in [6, 6.07) is 3.35. The summed E-state index contributed by atoms with van der Waals surface area (Å²) in [5, 5.41) is 18.6. The summed E-state index contributed by atoms with van der Waals surface area (Å²) in [5.74, 6) is -0.114. The minimum absolute atomic E-state index is 0.114. The predicted molar refractivity (Wildman–Crippen MR) is 51.7 cm³/mol. The van der Waals surface area contributed by atoms with Gasteiger partial charge in [0.1, 0.15) is 11.8 Å². The van der Waals surface area contributed by atoms with Crippen molar-refractivity contribution < 1.29 is 23.4 Å². The maximum atomic E-state index is 12.1. The molecule has 2 atom stereocenters. The van der Waals surface area contributed by atoms with Crippen molar-refractivity contribution >= 4 is 0 Å². The lowest BCUT2D eigenvalue weighted by atomic mass is 10.0. The van der Waals surface area contributed by atoms with E-state index in [2.05, 4.69) is 0 Å². The first kappa shape index (κ1) is 12.8. The van der Waals surface area contributed by atoms with E-state index < -0.39 is 24.7 Å². The molecule has 0 radical (unpaired) electrons. The molecule has 0 aliphatic carbocycles. The van der Waals surface area contributed by atoms with Gasteiger partial charge in [0.05, 0.1) is 6.10 Å². The molecule has 0 aliphatic heterocycles. The number of rotatable bonds is 3. The van der Waals surface area contributed by atoms with Crippen molar-refractivity contribution in [1.82, 2.24) is 0 Å². The third kappa shape index (κ3) is 3.39. The van der Waals surface area contributed by atoms with Crippen LogP contribution >= 0.6 is 0 Å². The smallest absolute Gasteiger partial charge is 0.403 e. The van der Waals surface area contributed by atoms with Crippen LogP contribution in [0.25, 0.3) is 0 Å². The molecule has 0 heterocycles. The second kappa shape index (κ2) is 4.71. The van der Waals surface area contributed by atoms with E-state index in [1.807, 2.05) is 0 Å². The molecule has 0 aliphatic rings. The summed E-state index contributed by atoms with van der Waals surface area (Å²) in [7, 11) is 0. The molecule has 0 saturated carbocycles. The third-order valence-corrected chi connectivity index (χ3v) is 2.15. The molecule has 0 saturated heterocycles. The summed E-state index contributed by atoms with van der Waals surface area (Å²) in [6.45, 7) is 0. The van der Waals surface area contributed by atoms with Gasteiger partial charge in [0, 0.05) is 6.42 Å². The summed E-state index contributed by atoms with van der Waals surface area (Å²) >= 11 is 0. The molecular formula is C10H12F3NO2. The first-order valence-electron chi connectivity index (χ1n) is 4.60. The fraction of sp³-hybridized carbons (Fsp3) is 0.400. The van der Waals surface area contributed by atoms with Crippen molar-refractivity contribution in [2.24, 2.45) is 5.73 Å². The number of halogens is 3. The van der Waals surface area contributed by atoms with E-state index in [1.54, 1.807) is 0 Å². The summed E-state index contributed by atoms with van der Waals surface area (Å²) in [5.41, 5.74) is 5.09. The Labute approximate surface area is 90.3 Å². The van der Waals surface area contributed by atoms with E-state index in [0.717, 1.165) is 0 Å². The molecule has 0 aromatic heterocycles. The molecule has 1 aromatic carbocycles. The molecule has 1 aromatic rings. The number of aromatic hydroxyl groups is 1. The Hall–Kier alpha value is -1.27. The molecule has 90 valence electrons. The van der Waals surface area contributed by atoms with Gasteiger partial charge < -0.3 is 15.9 Å². The van der Waals surface area contributed by atoms with Crippen molar-refractivity contribution in [3.05, 3.63) is 29.8 Å².